The lowest BCUT2D eigenvalue weighted by atomic mass is 9.71. The first-order valence-corrected chi connectivity index (χ1v) is 7.76. The number of amides is 2. The SMILES string of the molecule is Cn1ncc(Cl)c1C(=O)N1CC[C@H](O)[C@@]2(CCCNC2=O)C1. The van der Waals surface area contributed by atoms with Crippen LogP contribution >= 0.6 is 11.6 Å². The summed E-state index contributed by atoms with van der Waals surface area (Å²) in [5, 5.41) is 17.4. The number of rotatable bonds is 1. The Kier molecular flexibility index (Phi) is 3.86. The van der Waals surface area contributed by atoms with Crippen LogP contribution in [0.5, 0.6) is 0 Å². The summed E-state index contributed by atoms with van der Waals surface area (Å²) in [6, 6.07) is 0. The second kappa shape index (κ2) is 5.55. The highest BCUT2D eigenvalue weighted by Gasteiger charge is 2.50. The number of carbonyl (C=O) groups excluding carboxylic acids is 2. The van der Waals surface area contributed by atoms with Crippen molar-refractivity contribution in [3.63, 3.8) is 0 Å². The molecule has 0 radical (unpaired) electrons. The molecule has 8 heteroatoms. The normalized spacial score (nSPS) is 28.8. The second-order valence-corrected chi connectivity index (χ2v) is 6.42. The Morgan fingerprint density at radius 2 is 2.36 bits per heavy atom. The van der Waals surface area contributed by atoms with Gasteiger partial charge in [-0.05, 0) is 19.3 Å². The number of hydrogen-bond acceptors (Lipinski definition) is 4. The standard InChI is InChI=1S/C14H19ClN4O3/c1-18-11(9(15)7-17-18)12(21)19-6-3-10(20)14(8-19)4-2-5-16-13(14)22/h7,10,20H,2-6,8H2,1H3,(H,16,22)/t10-,14+/m0/s1. The number of aryl methyl sites for hydroxylation is 1. The van der Waals surface area contributed by atoms with Crippen LogP contribution in [-0.4, -0.2) is 57.3 Å². The first kappa shape index (κ1) is 15.3. The number of nitrogens with zero attached hydrogens (tertiary/aromatic N) is 3. The van der Waals surface area contributed by atoms with Gasteiger partial charge < -0.3 is 15.3 Å². The first-order valence-electron chi connectivity index (χ1n) is 7.39. The molecule has 120 valence electrons. The van der Waals surface area contributed by atoms with Crippen LogP contribution in [0.15, 0.2) is 6.20 Å². The number of aromatic nitrogens is 2. The minimum atomic E-state index is -0.906. The fourth-order valence-electron chi connectivity index (χ4n) is 3.42. The highest BCUT2D eigenvalue weighted by atomic mass is 35.5. The largest absolute Gasteiger partial charge is 0.392 e. The van der Waals surface area contributed by atoms with Gasteiger partial charge in [-0.15, -0.1) is 0 Å². The predicted octanol–water partition coefficient (Wildman–Crippen LogP) is 0.177. The van der Waals surface area contributed by atoms with Gasteiger partial charge >= 0.3 is 0 Å². The van der Waals surface area contributed by atoms with Gasteiger partial charge in [0, 0.05) is 26.7 Å². The lowest BCUT2D eigenvalue weighted by molar-refractivity contribution is -0.147. The average molecular weight is 327 g/mol. The fourth-order valence-corrected chi connectivity index (χ4v) is 3.66. The molecule has 2 aliphatic heterocycles. The Morgan fingerprint density at radius 1 is 1.59 bits per heavy atom. The van der Waals surface area contributed by atoms with E-state index in [1.807, 2.05) is 0 Å². The minimum absolute atomic E-state index is 0.167. The molecule has 1 spiro atoms. The number of likely N-dealkylation sites (tertiary alicyclic amines) is 1. The van der Waals surface area contributed by atoms with E-state index >= 15 is 0 Å². The van der Waals surface area contributed by atoms with Crippen LogP contribution in [0.3, 0.4) is 0 Å². The topological polar surface area (TPSA) is 87.5 Å². The molecule has 2 atom stereocenters. The third-order valence-electron chi connectivity index (χ3n) is 4.70. The monoisotopic (exact) mass is 326 g/mol. The van der Waals surface area contributed by atoms with E-state index in [1.165, 1.54) is 10.9 Å². The summed E-state index contributed by atoms with van der Waals surface area (Å²) in [4.78, 5) is 26.6. The summed E-state index contributed by atoms with van der Waals surface area (Å²) in [6.45, 7) is 1.23. The van der Waals surface area contributed by atoms with Gasteiger partial charge in [-0.1, -0.05) is 11.6 Å². The molecule has 22 heavy (non-hydrogen) atoms. The quantitative estimate of drug-likeness (QED) is 0.770. The molecule has 2 fully saturated rings. The van der Waals surface area contributed by atoms with Crippen molar-refractivity contribution in [2.75, 3.05) is 19.6 Å². The van der Waals surface area contributed by atoms with Crippen LogP contribution in [0.1, 0.15) is 29.8 Å². The number of nitrogens with one attached hydrogen (secondary N) is 1. The number of carbonyl (C=O) groups is 2. The summed E-state index contributed by atoms with van der Waals surface area (Å²) in [7, 11) is 1.65. The van der Waals surface area contributed by atoms with Crippen molar-refractivity contribution in [2.24, 2.45) is 12.5 Å². The fraction of sp³-hybridized carbons (Fsp3) is 0.643. The maximum atomic E-state index is 12.7. The third-order valence-corrected chi connectivity index (χ3v) is 4.98. The molecule has 2 aliphatic rings. The van der Waals surface area contributed by atoms with Gasteiger partial charge in [-0.2, -0.15) is 5.10 Å². The van der Waals surface area contributed by atoms with E-state index in [1.54, 1.807) is 11.9 Å². The van der Waals surface area contributed by atoms with Crippen molar-refractivity contribution in [1.29, 1.82) is 0 Å². The van der Waals surface area contributed by atoms with Crippen LogP contribution in [0.4, 0.5) is 0 Å². The van der Waals surface area contributed by atoms with Crippen molar-refractivity contribution < 1.29 is 14.7 Å². The third kappa shape index (κ3) is 2.28. The van der Waals surface area contributed by atoms with Gasteiger partial charge in [0.25, 0.3) is 5.91 Å². The van der Waals surface area contributed by atoms with E-state index in [0.29, 0.717) is 36.6 Å². The van der Waals surface area contributed by atoms with Crippen molar-refractivity contribution in [1.82, 2.24) is 20.0 Å². The Hall–Kier alpha value is -1.60. The zero-order chi connectivity index (χ0) is 15.9. The Morgan fingerprint density at radius 3 is 3.00 bits per heavy atom. The molecular weight excluding hydrogens is 308 g/mol. The predicted molar refractivity (Wildman–Crippen MR) is 79.4 cm³/mol. The van der Waals surface area contributed by atoms with Gasteiger partial charge in [0.1, 0.15) is 5.69 Å². The highest BCUT2D eigenvalue weighted by Crippen LogP contribution is 2.37. The van der Waals surface area contributed by atoms with E-state index < -0.39 is 11.5 Å². The molecule has 0 aromatic carbocycles. The summed E-state index contributed by atoms with van der Waals surface area (Å²) in [5.74, 6) is -0.422. The molecular formula is C14H19ClN4O3. The maximum Gasteiger partial charge on any atom is 0.273 e. The first-order chi connectivity index (χ1) is 10.5. The van der Waals surface area contributed by atoms with E-state index in [0.717, 1.165) is 6.42 Å². The van der Waals surface area contributed by atoms with Crippen molar-refractivity contribution in [3.8, 4) is 0 Å². The van der Waals surface area contributed by atoms with Gasteiger partial charge in [0.05, 0.1) is 22.7 Å². The molecule has 2 saturated heterocycles. The molecule has 0 aliphatic carbocycles. The number of hydrogen-bond donors (Lipinski definition) is 2. The lowest BCUT2D eigenvalue weighted by Gasteiger charge is -2.46. The zero-order valence-electron chi connectivity index (χ0n) is 12.4. The molecule has 2 amide bonds. The van der Waals surface area contributed by atoms with Crippen LogP contribution in [0.2, 0.25) is 5.02 Å². The Labute approximate surface area is 133 Å². The summed E-state index contributed by atoms with van der Waals surface area (Å²) >= 11 is 6.03. The molecule has 3 rings (SSSR count). The summed E-state index contributed by atoms with van der Waals surface area (Å²) < 4.78 is 1.43. The molecule has 0 saturated carbocycles. The second-order valence-electron chi connectivity index (χ2n) is 6.01. The van der Waals surface area contributed by atoms with Crippen molar-refractivity contribution >= 4 is 23.4 Å². The average Bonchev–Trinajstić information content (AvgIpc) is 2.83. The van der Waals surface area contributed by atoms with Crippen LogP contribution in [-0.2, 0) is 11.8 Å². The van der Waals surface area contributed by atoms with Crippen LogP contribution < -0.4 is 5.32 Å². The van der Waals surface area contributed by atoms with E-state index in [9.17, 15) is 14.7 Å². The van der Waals surface area contributed by atoms with E-state index in [-0.39, 0.29) is 18.4 Å². The van der Waals surface area contributed by atoms with Crippen molar-refractivity contribution in [2.45, 2.75) is 25.4 Å². The van der Waals surface area contributed by atoms with E-state index in [4.69, 9.17) is 11.6 Å². The lowest BCUT2D eigenvalue weighted by Crippen LogP contribution is -2.62. The highest BCUT2D eigenvalue weighted by molar-refractivity contribution is 6.33. The molecule has 7 nitrogen and oxygen atoms in total. The number of piperidine rings is 2. The van der Waals surface area contributed by atoms with E-state index in [2.05, 4.69) is 10.4 Å². The number of aliphatic hydroxyl groups is 1. The molecule has 0 bridgehead atoms. The van der Waals surface area contributed by atoms with Crippen molar-refractivity contribution in [3.05, 3.63) is 16.9 Å². The van der Waals surface area contributed by atoms with Gasteiger partial charge in [0.2, 0.25) is 5.91 Å². The van der Waals surface area contributed by atoms with Gasteiger partial charge in [0.15, 0.2) is 0 Å². The molecule has 1 aromatic rings. The molecule has 0 unspecified atom stereocenters. The number of halogens is 1. The molecule has 3 heterocycles. The summed E-state index contributed by atoms with van der Waals surface area (Å²) in [5.41, 5.74) is -0.596. The number of aliphatic hydroxyl groups excluding tert-OH is 1. The van der Waals surface area contributed by atoms with Gasteiger partial charge in [-0.3, -0.25) is 14.3 Å². The summed E-state index contributed by atoms with van der Waals surface area (Å²) in [6.07, 6.45) is 2.48. The van der Waals surface area contributed by atoms with Crippen LogP contribution in [0.25, 0.3) is 0 Å². The molecule has 1 aromatic heterocycles. The molecule has 2 N–H and O–H groups in total. The van der Waals surface area contributed by atoms with Gasteiger partial charge in [-0.25, -0.2) is 0 Å². The Balaban J connectivity index is 1.87. The Bertz CT molecular complexity index is 598. The minimum Gasteiger partial charge on any atom is -0.392 e. The van der Waals surface area contributed by atoms with Crippen LogP contribution in [0, 0.1) is 5.41 Å². The maximum absolute atomic E-state index is 12.7. The zero-order valence-corrected chi connectivity index (χ0v) is 13.1. The smallest absolute Gasteiger partial charge is 0.273 e.